The second-order valence-corrected chi connectivity index (χ2v) is 17.3. The number of nitrogens with zero attached hydrogens (tertiary/aromatic N) is 1. The zero-order chi connectivity index (χ0) is 33.3. The summed E-state index contributed by atoms with van der Waals surface area (Å²) in [6.45, 7) is 8.21. The van der Waals surface area contributed by atoms with Crippen molar-refractivity contribution in [1.29, 1.82) is 0 Å². The number of ether oxygens (including phenoxy) is 2. The van der Waals surface area contributed by atoms with Crippen LogP contribution in [0.4, 0.5) is 5.69 Å². The van der Waals surface area contributed by atoms with Crippen molar-refractivity contribution in [1.82, 2.24) is 4.72 Å². The predicted octanol–water partition coefficient (Wildman–Crippen LogP) is 6.94. The van der Waals surface area contributed by atoms with Crippen molar-refractivity contribution in [2.24, 2.45) is 17.8 Å². The highest BCUT2D eigenvalue weighted by Crippen LogP contribution is 2.47. The maximum absolute atomic E-state index is 13.8. The Morgan fingerprint density at radius 3 is 2.81 bits per heavy atom. The number of nitrogens with one attached hydrogen (secondary N) is 1. The summed E-state index contributed by atoms with van der Waals surface area (Å²) in [6, 6.07) is 11.8. The topological polar surface area (TPSA) is 84.9 Å². The van der Waals surface area contributed by atoms with E-state index in [0.29, 0.717) is 49.9 Å². The minimum atomic E-state index is -2.94. The Labute approximate surface area is 285 Å². The van der Waals surface area contributed by atoms with E-state index in [-0.39, 0.29) is 34.4 Å². The minimum absolute atomic E-state index is 0.0281. The second kappa shape index (κ2) is 14.0. The number of aryl methyl sites for hydroxylation is 1. The lowest BCUT2D eigenvalue weighted by molar-refractivity contribution is -0.117. The van der Waals surface area contributed by atoms with Gasteiger partial charge in [-0.15, -0.1) is 0 Å². The van der Waals surface area contributed by atoms with Crippen molar-refractivity contribution in [3.05, 3.63) is 70.3 Å². The minimum Gasteiger partial charge on any atom is -0.490 e. The van der Waals surface area contributed by atoms with Crippen LogP contribution >= 0.6 is 11.6 Å². The molecule has 4 aliphatic rings. The largest absolute Gasteiger partial charge is 0.490 e. The van der Waals surface area contributed by atoms with Crippen molar-refractivity contribution >= 4 is 44.6 Å². The van der Waals surface area contributed by atoms with Crippen LogP contribution < -0.4 is 14.4 Å². The van der Waals surface area contributed by atoms with Crippen LogP contribution in [-0.4, -0.2) is 59.4 Å². The summed E-state index contributed by atoms with van der Waals surface area (Å²) >= 11 is 6.45. The summed E-state index contributed by atoms with van der Waals surface area (Å²) in [4.78, 5) is 27.7. The van der Waals surface area contributed by atoms with Crippen molar-refractivity contribution in [3.63, 3.8) is 0 Å². The van der Waals surface area contributed by atoms with Crippen LogP contribution in [0.1, 0.15) is 87.2 Å². The Morgan fingerprint density at radius 2 is 2.04 bits per heavy atom. The van der Waals surface area contributed by atoms with Gasteiger partial charge in [-0.3, -0.25) is 9.52 Å². The molecule has 0 radical (unpaired) electrons. The van der Waals surface area contributed by atoms with Gasteiger partial charge in [0, 0.05) is 47.4 Å². The van der Waals surface area contributed by atoms with Gasteiger partial charge in [0.05, 0.1) is 28.1 Å². The molecule has 2 aromatic carbocycles. The maximum Gasteiger partial charge on any atom is 0.262 e. The quantitative estimate of drug-likeness (QED) is 0.209. The van der Waals surface area contributed by atoms with E-state index < -0.39 is 9.71 Å². The van der Waals surface area contributed by atoms with E-state index in [0.717, 1.165) is 61.7 Å². The summed E-state index contributed by atoms with van der Waals surface area (Å²) in [5.41, 5.74) is 3.69. The van der Waals surface area contributed by atoms with Crippen molar-refractivity contribution in [2.75, 3.05) is 31.2 Å². The molecule has 1 amide bonds. The summed E-state index contributed by atoms with van der Waals surface area (Å²) < 4.78 is 29.8. The lowest BCUT2D eigenvalue weighted by Crippen LogP contribution is -2.49. The van der Waals surface area contributed by atoms with Crippen LogP contribution in [0, 0.1) is 17.8 Å². The van der Waals surface area contributed by atoms with E-state index in [1.165, 1.54) is 11.1 Å². The lowest BCUT2D eigenvalue weighted by Gasteiger charge is -2.46. The fourth-order valence-corrected chi connectivity index (χ4v) is 9.63. The zero-order valence-corrected chi connectivity index (χ0v) is 29.5. The van der Waals surface area contributed by atoms with Crippen LogP contribution in [0.2, 0.25) is 5.02 Å². The number of hydrogen-bond acceptors (Lipinski definition) is 6. The molecule has 7 atom stereocenters. The molecule has 1 N–H and O–H groups in total. The molecular weight excluding hydrogens is 632 g/mol. The Kier molecular flexibility index (Phi) is 10.1. The molecule has 9 heteroatoms. The third-order valence-electron chi connectivity index (χ3n) is 11.1. The second-order valence-electron chi connectivity index (χ2n) is 14.4. The number of amides is 1. The van der Waals surface area contributed by atoms with Gasteiger partial charge in [0.1, 0.15) is 11.5 Å². The van der Waals surface area contributed by atoms with E-state index in [4.69, 9.17) is 21.1 Å². The predicted molar refractivity (Wildman–Crippen MR) is 191 cm³/mol. The number of benzene rings is 2. The first-order valence-corrected chi connectivity index (χ1v) is 19.4. The van der Waals surface area contributed by atoms with Crippen LogP contribution in [0.3, 0.4) is 0 Å². The Balaban J connectivity index is 1.39. The smallest absolute Gasteiger partial charge is 0.262 e. The van der Waals surface area contributed by atoms with Gasteiger partial charge >= 0.3 is 0 Å². The van der Waals surface area contributed by atoms with Gasteiger partial charge in [-0.2, -0.15) is 0 Å². The molecule has 1 fully saturated rings. The van der Waals surface area contributed by atoms with Gasteiger partial charge in [-0.1, -0.05) is 36.7 Å². The Bertz CT molecular complexity index is 1640. The molecular formula is C38H49ClN2O5S. The molecule has 2 aliphatic heterocycles. The molecule has 1 spiro atoms. The molecule has 47 heavy (non-hydrogen) atoms. The van der Waals surface area contributed by atoms with Crippen LogP contribution in [0.5, 0.6) is 5.75 Å². The molecule has 2 aromatic rings. The highest BCUT2D eigenvalue weighted by Gasteiger charge is 2.44. The first-order chi connectivity index (χ1) is 22.5. The number of rotatable bonds is 5. The normalized spacial score (nSPS) is 33.0. The third-order valence-corrected chi connectivity index (χ3v) is 13.6. The maximum atomic E-state index is 13.8. The van der Waals surface area contributed by atoms with E-state index in [9.17, 15) is 13.8 Å². The van der Waals surface area contributed by atoms with Gasteiger partial charge < -0.3 is 19.2 Å². The highest BCUT2D eigenvalue weighted by molar-refractivity contribution is 7.99. The SMILES string of the molecule is C=S1(=O)NC(=O)c2ccc3c(c2)N(C[C@@H]2CC[C@H]2[C@@H](OCCCC(C)=O)/C=C/C[C@H](C)[C@H]1C)C[C@@]1(CCCc2cc(Cl)ccc21)CO3. The van der Waals surface area contributed by atoms with Crippen LogP contribution in [-0.2, 0) is 31.1 Å². The van der Waals surface area contributed by atoms with E-state index in [1.807, 2.05) is 25.1 Å². The van der Waals surface area contributed by atoms with E-state index in [1.54, 1.807) is 13.0 Å². The van der Waals surface area contributed by atoms with Crippen molar-refractivity contribution in [2.45, 2.75) is 88.9 Å². The molecule has 0 saturated heterocycles. The first-order valence-electron chi connectivity index (χ1n) is 17.2. The molecule has 1 unspecified atom stereocenters. The fourth-order valence-electron chi connectivity index (χ4n) is 7.96. The molecule has 1 saturated carbocycles. The Morgan fingerprint density at radius 1 is 1.21 bits per heavy atom. The number of allylic oxidation sites excluding steroid dienone is 1. The number of ketones is 1. The first kappa shape index (κ1) is 34.1. The fraction of sp³-hybridized carbons (Fsp3) is 0.553. The monoisotopic (exact) mass is 680 g/mol. The number of fused-ring (bicyclic) bond motifs is 4. The molecule has 6 rings (SSSR count). The van der Waals surface area contributed by atoms with Gasteiger partial charge in [0.2, 0.25) is 0 Å². The number of halogens is 1. The van der Waals surface area contributed by atoms with Gasteiger partial charge in [-0.05, 0) is 124 Å². The molecule has 2 aliphatic carbocycles. The molecule has 2 heterocycles. The van der Waals surface area contributed by atoms with Crippen LogP contribution in [0.15, 0.2) is 48.6 Å². The number of carbonyl (C=O) groups is 2. The Hall–Kier alpha value is -2.81. The summed E-state index contributed by atoms with van der Waals surface area (Å²) in [6.07, 6.45) is 11.4. The summed E-state index contributed by atoms with van der Waals surface area (Å²) in [5, 5.41) is 0.417. The van der Waals surface area contributed by atoms with E-state index in [2.05, 4.69) is 46.7 Å². The zero-order valence-electron chi connectivity index (χ0n) is 28.0. The van der Waals surface area contributed by atoms with Crippen molar-refractivity contribution in [3.8, 4) is 5.75 Å². The molecule has 2 bridgehead atoms. The molecule has 7 nitrogen and oxygen atoms in total. The number of anilines is 1. The standard InChI is InChI=1S/C38H49ClN2O5S/c1-25-8-5-11-35(45-19-7-9-26(2)42)32-15-12-30(32)22-41-23-38(18-6-10-28-20-31(39)14-16-33(28)38)24-46-36-17-13-29(21-34(36)41)37(43)40-47(4,44)27(25)3/h5,11,13-14,16-17,20-21,25,27,30,32,35H,4,6-10,12,15,18-19,22-24H2,1-3H3,(H,40,43,44)/b11-5+/t25-,27+,30-,32+,35-,38-,47?/m0/s1. The lowest BCUT2D eigenvalue weighted by atomic mass is 9.68. The van der Waals surface area contributed by atoms with Gasteiger partial charge in [-0.25, -0.2) is 4.21 Å². The number of Topliss-reactive ketones (excluding diaryl/α,β-unsaturated/α-hetero) is 1. The van der Waals surface area contributed by atoms with Gasteiger partial charge in [0.25, 0.3) is 5.91 Å². The summed E-state index contributed by atoms with van der Waals surface area (Å²) in [7, 11) is -2.94. The third kappa shape index (κ3) is 7.30. The molecule has 0 aromatic heterocycles. The van der Waals surface area contributed by atoms with E-state index >= 15 is 0 Å². The van der Waals surface area contributed by atoms with Gasteiger partial charge in [0.15, 0.2) is 0 Å². The number of hydrogen-bond donors (Lipinski definition) is 1. The summed E-state index contributed by atoms with van der Waals surface area (Å²) in [5.74, 6) is 5.29. The van der Waals surface area contributed by atoms with Crippen LogP contribution in [0.25, 0.3) is 0 Å². The average Bonchev–Trinajstić information content (AvgIpc) is 3.16. The molecule has 254 valence electrons. The average molecular weight is 681 g/mol. The van der Waals surface area contributed by atoms with Crippen molar-refractivity contribution < 1.29 is 23.3 Å². The highest BCUT2D eigenvalue weighted by atomic mass is 35.5. The number of carbonyl (C=O) groups excluding carboxylic acids is 2.